The molecule has 0 bridgehead atoms. The van der Waals surface area contributed by atoms with Crippen LogP contribution < -0.4 is 0 Å². The van der Waals surface area contributed by atoms with Gasteiger partial charge in [-0.25, -0.2) is 0 Å². The lowest BCUT2D eigenvalue weighted by atomic mass is 10.1. The van der Waals surface area contributed by atoms with Crippen LogP contribution in [0, 0.1) is 0 Å². The summed E-state index contributed by atoms with van der Waals surface area (Å²) in [5.74, 6) is 0. The van der Waals surface area contributed by atoms with Gasteiger partial charge in [-0.3, -0.25) is 0 Å². The van der Waals surface area contributed by atoms with Gasteiger partial charge in [-0.2, -0.15) is 0 Å². The van der Waals surface area contributed by atoms with Crippen molar-refractivity contribution in [2.24, 2.45) is 0 Å². The van der Waals surface area contributed by atoms with Gasteiger partial charge in [0, 0.05) is 0 Å². The summed E-state index contributed by atoms with van der Waals surface area (Å²) in [4.78, 5) is 2.00. The first kappa shape index (κ1) is 19.3. The lowest BCUT2D eigenvalue weighted by molar-refractivity contribution is 0.505. The smallest absolute Gasteiger partial charge is 0.0140 e. The highest BCUT2D eigenvalue weighted by Crippen LogP contribution is 2.10. The zero-order valence-corrected chi connectivity index (χ0v) is 13.2. The molecule has 17 heavy (non-hydrogen) atoms. The molecule has 0 aliphatic rings. The molecule has 0 radical (unpaired) electrons. The molecule has 0 aliphatic heterocycles. The van der Waals surface area contributed by atoms with Crippen molar-refractivity contribution >= 4 is 0 Å². The Kier molecular flexibility index (Phi) is 20.8. The van der Waals surface area contributed by atoms with Gasteiger partial charge in [-0.1, -0.05) is 84.5 Å². The van der Waals surface area contributed by atoms with E-state index >= 15 is 0 Å². The fourth-order valence-corrected chi connectivity index (χ4v) is 1.74. The highest BCUT2D eigenvalue weighted by Gasteiger charge is 1.90. The van der Waals surface area contributed by atoms with E-state index in [0.29, 0.717) is 0 Å². The Morgan fingerprint density at radius 1 is 0.471 bits per heavy atom. The van der Waals surface area contributed by atoms with E-state index in [1.165, 1.54) is 70.6 Å². The van der Waals surface area contributed by atoms with Gasteiger partial charge in [0.2, 0.25) is 0 Å². The van der Waals surface area contributed by atoms with E-state index in [-0.39, 0.29) is 0 Å². The van der Waals surface area contributed by atoms with Crippen LogP contribution in [0.5, 0.6) is 0 Å². The fourth-order valence-electron chi connectivity index (χ4n) is 1.74. The van der Waals surface area contributed by atoms with Crippen molar-refractivity contribution in [2.45, 2.75) is 84.5 Å². The predicted molar refractivity (Wildman–Crippen MR) is 81.7 cm³/mol. The van der Waals surface area contributed by atoms with Crippen molar-refractivity contribution in [3.63, 3.8) is 0 Å². The van der Waals surface area contributed by atoms with Crippen LogP contribution in [0.15, 0.2) is 0 Å². The summed E-state index contributed by atoms with van der Waals surface area (Å²) in [5, 5.41) is 0. The number of hydrogen-bond donors (Lipinski definition) is 0. The van der Waals surface area contributed by atoms with Gasteiger partial charge in [0.25, 0.3) is 0 Å². The molecule has 0 atom stereocenters. The molecule has 0 spiro atoms. The van der Waals surface area contributed by atoms with Gasteiger partial charge in [0.15, 0.2) is 0 Å². The minimum atomic E-state index is 1.37. The van der Waals surface area contributed by atoms with Crippen LogP contribution in [-0.2, 0) is 0 Å². The van der Waals surface area contributed by atoms with Gasteiger partial charge >= 0.3 is 0 Å². The summed E-state index contributed by atoms with van der Waals surface area (Å²) in [6, 6.07) is 0. The van der Waals surface area contributed by atoms with Gasteiger partial charge in [0.1, 0.15) is 0 Å². The SMILES string of the molecule is CCCCCCCCCCCCC.CN(C)C. The van der Waals surface area contributed by atoms with Crippen LogP contribution in [0.2, 0.25) is 0 Å². The summed E-state index contributed by atoms with van der Waals surface area (Å²) in [5.41, 5.74) is 0. The normalized spacial score (nSPS) is 10.2. The zero-order valence-electron chi connectivity index (χ0n) is 13.2. The average Bonchev–Trinajstić information content (AvgIpc) is 2.26. The Bertz CT molecular complexity index is 97.3. The monoisotopic (exact) mass is 243 g/mol. The minimum absolute atomic E-state index is 1.37. The molecule has 0 saturated carbocycles. The van der Waals surface area contributed by atoms with E-state index in [9.17, 15) is 0 Å². The van der Waals surface area contributed by atoms with Crippen molar-refractivity contribution in [3.05, 3.63) is 0 Å². The van der Waals surface area contributed by atoms with Crippen molar-refractivity contribution in [1.29, 1.82) is 0 Å². The molecule has 0 N–H and O–H groups in total. The third-order valence-electron chi connectivity index (χ3n) is 2.71. The Morgan fingerprint density at radius 2 is 0.647 bits per heavy atom. The largest absolute Gasteiger partial charge is 0.312 e. The van der Waals surface area contributed by atoms with Crippen LogP contribution in [0.4, 0.5) is 0 Å². The van der Waals surface area contributed by atoms with Crippen LogP contribution in [0.1, 0.15) is 84.5 Å². The highest BCUT2D eigenvalue weighted by atomic mass is 15.0. The van der Waals surface area contributed by atoms with E-state index in [1.807, 2.05) is 26.0 Å². The van der Waals surface area contributed by atoms with E-state index < -0.39 is 0 Å². The molecule has 0 rings (SSSR count). The number of rotatable bonds is 10. The van der Waals surface area contributed by atoms with Gasteiger partial charge in [0.05, 0.1) is 0 Å². The van der Waals surface area contributed by atoms with Crippen LogP contribution >= 0.6 is 0 Å². The lowest BCUT2D eigenvalue weighted by Crippen LogP contribution is -1.99. The van der Waals surface area contributed by atoms with Crippen molar-refractivity contribution in [1.82, 2.24) is 4.90 Å². The topological polar surface area (TPSA) is 3.24 Å². The lowest BCUT2D eigenvalue weighted by Gasteiger charge is -2.00. The van der Waals surface area contributed by atoms with E-state index in [0.717, 1.165) is 0 Å². The molecular weight excluding hydrogens is 206 g/mol. The second-order valence-electron chi connectivity index (χ2n) is 5.52. The molecule has 0 aliphatic carbocycles. The molecule has 0 amide bonds. The third kappa shape index (κ3) is 31.4. The molecule has 0 aromatic carbocycles. The molecular formula is C16H37N. The van der Waals surface area contributed by atoms with E-state index in [2.05, 4.69) is 13.8 Å². The average molecular weight is 243 g/mol. The summed E-state index contributed by atoms with van der Waals surface area (Å²) < 4.78 is 0. The van der Waals surface area contributed by atoms with Crippen LogP contribution in [-0.4, -0.2) is 26.0 Å². The number of nitrogens with zero attached hydrogens (tertiary/aromatic N) is 1. The first-order valence-electron chi connectivity index (χ1n) is 7.76. The van der Waals surface area contributed by atoms with Gasteiger partial charge < -0.3 is 4.90 Å². The zero-order chi connectivity index (χ0) is 13.4. The van der Waals surface area contributed by atoms with Crippen LogP contribution in [0.3, 0.4) is 0 Å². The molecule has 1 nitrogen and oxygen atoms in total. The summed E-state index contributed by atoms with van der Waals surface area (Å²) in [6.07, 6.45) is 15.9. The first-order chi connectivity index (χ1) is 8.15. The molecule has 106 valence electrons. The molecule has 0 heterocycles. The van der Waals surface area contributed by atoms with Crippen LogP contribution in [0.25, 0.3) is 0 Å². The Balaban J connectivity index is 0. The van der Waals surface area contributed by atoms with Crippen molar-refractivity contribution < 1.29 is 0 Å². The maximum Gasteiger partial charge on any atom is -0.0140 e. The fraction of sp³-hybridized carbons (Fsp3) is 1.00. The molecule has 0 unspecified atom stereocenters. The number of unbranched alkanes of at least 4 members (excludes halogenated alkanes) is 10. The first-order valence-corrected chi connectivity index (χ1v) is 7.76. The summed E-state index contributed by atoms with van der Waals surface area (Å²) >= 11 is 0. The maximum atomic E-state index is 2.28. The molecule has 1 heteroatoms. The predicted octanol–water partition coefficient (Wildman–Crippen LogP) is 5.50. The van der Waals surface area contributed by atoms with E-state index in [1.54, 1.807) is 0 Å². The molecule has 0 aromatic rings. The maximum absolute atomic E-state index is 2.28. The van der Waals surface area contributed by atoms with E-state index in [4.69, 9.17) is 0 Å². The van der Waals surface area contributed by atoms with Gasteiger partial charge in [-0.15, -0.1) is 0 Å². The summed E-state index contributed by atoms with van der Waals surface area (Å²) in [7, 11) is 6.00. The number of hydrogen-bond acceptors (Lipinski definition) is 1. The molecule has 0 aromatic heterocycles. The highest BCUT2D eigenvalue weighted by molar-refractivity contribution is 4.46. The van der Waals surface area contributed by atoms with Gasteiger partial charge in [-0.05, 0) is 21.1 Å². The quantitative estimate of drug-likeness (QED) is 0.458. The Morgan fingerprint density at radius 3 is 0.824 bits per heavy atom. The van der Waals surface area contributed by atoms with Crippen molar-refractivity contribution in [3.8, 4) is 0 Å². The summed E-state index contributed by atoms with van der Waals surface area (Å²) in [6.45, 7) is 4.56. The Hall–Kier alpha value is -0.0400. The van der Waals surface area contributed by atoms with Crippen molar-refractivity contribution in [2.75, 3.05) is 21.1 Å². The standard InChI is InChI=1S/C13H28.C3H9N/c1-3-5-7-9-11-13-12-10-8-6-4-2;1-4(2)3/h3-13H2,1-2H3;1-3H3. The molecule has 0 saturated heterocycles. The third-order valence-corrected chi connectivity index (χ3v) is 2.71. The second kappa shape index (κ2) is 18.3. The second-order valence-corrected chi connectivity index (χ2v) is 5.52. The minimum Gasteiger partial charge on any atom is -0.312 e. The Labute approximate surface area is 111 Å². The molecule has 0 fully saturated rings.